The summed E-state index contributed by atoms with van der Waals surface area (Å²) in [5, 5.41) is 12.8. The molecule has 5 aliphatic rings. The van der Waals surface area contributed by atoms with Crippen molar-refractivity contribution >= 4 is 22.7 Å². The summed E-state index contributed by atoms with van der Waals surface area (Å²) >= 11 is 0. The van der Waals surface area contributed by atoms with Gasteiger partial charge in [0.1, 0.15) is 5.71 Å². The molecule has 1 aromatic carbocycles. The number of aliphatic carboxylic acids is 1. The van der Waals surface area contributed by atoms with Gasteiger partial charge in [0.25, 0.3) is 5.56 Å². The van der Waals surface area contributed by atoms with E-state index in [1.807, 2.05) is 28.8 Å². The van der Waals surface area contributed by atoms with Gasteiger partial charge in [-0.3, -0.25) is 9.69 Å². The molecule has 3 saturated carbocycles. The Kier molecular flexibility index (Phi) is 7.02. The van der Waals surface area contributed by atoms with Crippen LogP contribution < -0.4 is 5.56 Å². The van der Waals surface area contributed by atoms with Crippen molar-refractivity contribution < 1.29 is 14.7 Å². The van der Waals surface area contributed by atoms with Crippen molar-refractivity contribution in [1.29, 1.82) is 0 Å². The van der Waals surface area contributed by atoms with Crippen LogP contribution in [0.3, 0.4) is 0 Å². The van der Waals surface area contributed by atoms with E-state index in [2.05, 4.69) is 28.9 Å². The molecule has 7 rings (SSSR count). The van der Waals surface area contributed by atoms with Crippen molar-refractivity contribution in [2.24, 2.45) is 28.3 Å². The van der Waals surface area contributed by atoms with Crippen LogP contribution in [0.5, 0.6) is 0 Å². The van der Waals surface area contributed by atoms with Crippen molar-refractivity contribution in [2.45, 2.75) is 96.7 Å². The summed E-state index contributed by atoms with van der Waals surface area (Å²) in [5.74, 6) is 1.60. The zero-order valence-electron chi connectivity index (χ0n) is 23.5. The number of piperidine rings is 2. The molecule has 39 heavy (non-hydrogen) atoms. The standard InChI is InChI=1S/C31H42N4O4/c1-19(33-39-18-28(36)37)29-30(38)35(27-10-5-4-9-26(27)32-29)24-16-22-7-6-8-23(17-24)34(22)14-13-20-11-12-21-15-25(20)31(21,2)3/h4-5,9-10,20-25H,6-8,11-18H2,1-3H3,(H,36,37)/b33-19+/t20-,21-,22-,23+,24?,25-/m0/s1. The molecule has 210 valence electrons. The second kappa shape index (κ2) is 10.3. The monoisotopic (exact) mass is 534 g/mol. The van der Waals surface area contributed by atoms with Gasteiger partial charge in [-0.2, -0.15) is 0 Å². The van der Waals surface area contributed by atoms with Crippen molar-refractivity contribution in [3.05, 3.63) is 40.3 Å². The molecule has 2 aromatic rings. The molecule has 3 heterocycles. The number of hydrogen-bond acceptors (Lipinski definition) is 6. The van der Waals surface area contributed by atoms with Gasteiger partial charge in [0.2, 0.25) is 6.61 Å². The van der Waals surface area contributed by atoms with E-state index in [1.165, 1.54) is 51.5 Å². The van der Waals surface area contributed by atoms with Crippen LogP contribution in [-0.4, -0.2) is 56.5 Å². The molecular weight excluding hydrogens is 492 g/mol. The molecule has 5 fully saturated rings. The first-order valence-corrected chi connectivity index (χ1v) is 14.9. The number of carboxylic acids is 1. The number of nitrogens with zero attached hydrogens (tertiary/aromatic N) is 4. The van der Waals surface area contributed by atoms with Gasteiger partial charge in [-0.25, -0.2) is 9.78 Å². The van der Waals surface area contributed by atoms with Gasteiger partial charge in [0.05, 0.1) is 11.0 Å². The average molecular weight is 535 g/mol. The van der Waals surface area contributed by atoms with Gasteiger partial charge in [-0.05, 0) is 100 Å². The van der Waals surface area contributed by atoms with Crippen LogP contribution in [0.15, 0.2) is 34.2 Å². The Morgan fingerprint density at radius 1 is 1.10 bits per heavy atom. The third-order valence-electron chi connectivity index (χ3n) is 10.8. The Morgan fingerprint density at radius 3 is 2.54 bits per heavy atom. The number of carbonyl (C=O) groups is 1. The number of rotatable bonds is 8. The highest BCUT2D eigenvalue weighted by molar-refractivity contribution is 5.97. The lowest BCUT2D eigenvalue weighted by Crippen LogP contribution is -2.55. The molecular formula is C31H42N4O4. The molecule has 0 amide bonds. The van der Waals surface area contributed by atoms with Gasteiger partial charge < -0.3 is 14.5 Å². The Morgan fingerprint density at radius 2 is 1.85 bits per heavy atom. The maximum atomic E-state index is 13.9. The molecule has 4 bridgehead atoms. The minimum atomic E-state index is -1.11. The number of hydrogen-bond donors (Lipinski definition) is 1. The zero-order valence-corrected chi connectivity index (χ0v) is 23.5. The molecule has 2 saturated heterocycles. The molecule has 1 N–H and O–H groups in total. The largest absolute Gasteiger partial charge is 0.479 e. The van der Waals surface area contributed by atoms with Gasteiger partial charge in [0.15, 0.2) is 5.69 Å². The second-order valence-electron chi connectivity index (χ2n) is 13.1. The molecule has 0 radical (unpaired) electrons. The summed E-state index contributed by atoms with van der Waals surface area (Å²) in [6.45, 7) is 7.27. The minimum absolute atomic E-state index is 0.101. The van der Waals surface area contributed by atoms with Crippen LogP contribution >= 0.6 is 0 Å². The van der Waals surface area contributed by atoms with Crippen LogP contribution in [0.1, 0.15) is 90.3 Å². The van der Waals surface area contributed by atoms with Crippen LogP contribution in [0.4, 0.5) is 0 Å². The first kappa shape index (κ1) is 26.5. The quantitative estimate of drug-likeness (QED) is 0.367. The summed E-state index contributed by atoms with van der Waals surface area (Å²) in [4.78, 5) is 37.1. The maximum absolute atomic E-state index is 13.9. The van der Waals surface area contributed by atoms with E-state index in [1.54, 1.807) is 6.92 Å². The van der Waals surface area contributed by atoms with E-state index >= 15 is 0 Å². The van der Waals surface area contributed by atoms with Crippen molar-refractivity contribution in [3.8, 4) is 0 Å². The van der Waals surface area contributed by atoms with Crippen LogP contribution in [0.25, 0.3) is 11.0 Å². The van der Waals surface area contributed by atoms with E-state index in [0.717, 1.165) is 41.6 Å². The summed E-state index contributed by atoms with van der Waals surface area (Å²) in [5.41, 5.74) is 2.48. The number of aromatic nitrogens is 2. The predicted octanol–water partition coefficient (Wildman–Crippen LogP) is 5.24. The molecule has 6 atom stereocenters. The normalized spacial score (nSPS) is 32.0. The van der Waals surface area contributed by atoms with E-state index in [4.69, 9.17) is 9.94 Å². The zero-order chi connectivity index (χ0) is 27.3. The topological polar surface area (TPSA) is 97.0 Å². The first-order chi connectivity index (χ1) is 18.7. The molecule has 3 aliphatic carbocycles. The number of fused-ring (bicyclic) bond motifs is 5. The van der Waals surface area contributed by atoms with Gasteiger partial charge in [0, 0.05) is 18.1 Å². The van der Waals surface area contributed by atoms with E-state index < -0.39 is 12.6 Å². The SMILES string of the molecule is C/C(=N\OCC(=O)O)c1nc2ccccc2n(C2C[C@H]3CCC[C@@H](C2)N3CC[C@@H]2CC[C@H]3C[C@@H]2C3(C)C)c1=O. The first-order valence-electron chi connectivity index (χ1n) is 14.9. The maximum Gasteiger partial charge on any atom is 0.344 e. The summed E-state index contributed by atoms with van der Waals surface area (Å²) in [6.07, 6.45) is 11.2. The van der Waals surface area contributed by atoms with Crippen LogP contribution in [0.2, 0.25) is 0 Å². The van der Waals surface area contributed by atoms with Gasteiger partial charge in [-0.15, -0.1) is 0 Å². The van der Waals surface area contributed by atoms with Gasteiger partial charge >= 0.3 is 5.97 Å². The van der Waals surface area contributed by atoms with Crippen molar-refractivity contribution in [1.82, 2.24) is 14.5 Å². The lowest BCUT2D eigenvalue weighted by atomic mass is 9.45. The Balaban J connectivity index is 1.24. The smallest absolute Gasteiger partial charge is 0.344 e. The molecule has 2 aliphatic heterocycles. The Hall–Kier alpha value is -2.74. The molecule has 0 spiro atoms. The minimum Gasteiger partial charge on any atom is -0.479 e. The average Bonchev–Trinajstić information content (AvgIpc) is 2.91. The van der Waals surface area contributed by atoms with E-state index in [-0.39, 0.29) is 17.3 Å². The number of para-hydroxylation sites is 2. The predicted molar refractivity (Wildman–Crippen MR) is 151 cm³/mol. The second-order valence-corrected chi connectivity index (χ2v) is 13.1. The number of carboxylic acid groups (broad SMARTS) is 1. The third-order valence-corrected chi connectivity index (χ3v) is 10.8. The fraction of sp³-hybridized carbons (Fsp3) is 0.677. The van der Waals surface area contributed by atoms with E-state index in [0.29, 0.717) is 23.2 Å². The van der Waals surface area contributed by atoms with E-state index in [9.17, 15) is 9.59 Å². The fourth-order valence-corrected chi connectivity index (χ4v) is 8.63. The van der Waals surface area contributed by atoms with Crippen molar-refractivity contribution in [3.63, 3.8) is 0 Å². The number of oxime groups is 1. The van der Waals surface area contributed by atoms with Gasteiger partial charge in [-0.1, -0.05) is 37.6 Å². The molecule has 1 aromatic heterocycles. The highest BCUT2D eigenvalue weighted by Crippen LogP contribution is 2.62. The van der Waals surface area contributed by atoms with Crippen molar-refractivity contribution in [2.75, 3.05) is 13.2 Å². The lowest BCUT2D eigenvalue weighted by molar-refractivity contribution is -0.142. The fourth-order valence-electron chi connectivity index (χ4n) is 8.63. The molecule has 1 unspecified atom stereocenters. The third kappa shape index (κ3) is 4.79. The highest BCUT2D eigenvalue weighted by atomic mass is 16.6. The molecule has 8 nitrogen and oxygen atoms in total. The highest BCUT2D eigenvalue weighted by Gasteiger charge is 2.54. The molecule has 8 heteroatoms. The van der Waals surface area contributed by atoms with Crippen LogP contribution in [-0.2, 0) is 9.63 Å². The summed E-state index contributed by atoms with van der Waals surface area (Å²) in [7, 11) is 0. The number of benzene rings is 1. The Labute approximate surface area is 230 Å². The lowest BCUT2D eigenvalue weighted by Gasteiger charge is -2.60. The Bertz CT molecular complexity index is 1320. The summed E-state index contributed by atoms with van der Waals surface area (Å²) in [6, 6.07) is 8.91. The van der Waals surface area contributed by atoms with Crippen LogP contribution in [0, 0.1) is 23.2 Å². The summed E-state index contributed by atoms with van der Waals surface area (Å²) < 4.78 is 1.95.